The molecule has 2 aromatic rings. The second-order valence-electron chi connectivity index (χ2n) is 4.98. The van der Waals surface area contributed by atoms with Crippen molar-refractivity contribution in [3.63, 3.8) is 0 Å². The highest BCUT2D eigenvalue weighted by Crippen LogP contribution is 2.35. The van der Waals surface area contributed by atoms with Crippen LogP contribution >= 0.6 is 11.6 Å². The molecule has 26 heavy (non-hydrogen) atoms. The van der Waals surface area contributed by atoms with Crippen molar-refractivity contribution in [2.45, 2.75) is 4.90 Å². The fourth-order valence-corrected chi connectivity index (χ4v) is 2.97. The molecule has 0 bridgehead atoms. The van der Waals surface area contributed by atoms with Crippen LogP contribution in [-0.4, -0.2) is 40.2 Å². The minimum atomic E-state index is -4.40. The average Bonchev–Trinajstić information content (AvgIpc) is 2.60. The number of anilines is 1. The summed E-state index contributed by atoms with van der Waals surface area (Å²) in [6.45, 7) is 0. The van der Waals surface area contributed by atoms with Crippen LogP contribution in [0, 0.1) is 0 Å². The number of amides is 1. The van der Waals surface area contributed by atoms with E-state index < -0.39 is 16.0 Å². The Bertz CT molecular complexity index is 919. The van der Waals surface area contributed by atoms with Crippen LogP contribution in [0.25, 0.3) is 0 Å². The van der Waals surface area contributed by atoms with Crippen LogP contribution in [0.1, 0.15) is 10.4 Å². The lowest BCUT2D eigenvalue weighted by atomic mass is 10.1. The van der Waals surface area contributed by atoms with E-state index >= 15 is 0 Å². The lowest BCUT2D eigenvalue weighted by molar-refractivity contribution is 0.102. The number of rotatable bonds is 6. The third-order valence-electron chi connectivity index (χ3n) is 3.43. The molecule has 10 heteroatoms. The van der Waals surface area contributed by atoms with Crippen molar-refractivity contribution in [3.8, 4) is 17.2 Å². The molecule has 140 valence electrons. The molecule has 0 unspecified atom stereocenters. The first-order valence-corrected chi connectivity index (χ1v) is 8.91. The van der Waals surface area contributed by atoms with E-state index in [1.807, 2.05) is 0 Å². The van der Waals surface area contributed by atoms with Gasteiger partial charge in [-0.1, -0.05) is 11.6 Å². The number of nitrogens with one attached hydrogen (secondary N) is 1. The van der Waals surface area contributed by atoms with Gasteiger partial charge < -0.3 is 19.5 Å². The van der Waals surface area contributed by atoms with Gasteiger partial charge in [0, 0.05) is 12.1 Å². The van der Waals surface area contributed by atoms with Crippen LogP contribution in [0.3, 0.4) is 0 Å². The van der Waals surface area contributed by atoms with Gasteiger partial charge in [-0.25, -0.2) is 0 Å². The monoisotopic (exact) mass is 401 g/mol. The molecule has 0 spiro atoms. The second-order valence-corrected chi connectivity index (χ2v) is 6.81. The minimum absolute atomic E-state index is 0.0695. The maximum Gasteiger partial charge on any atom is 0.294 e. The zero-order valence-electron chi connectivity index (χ0n) is 14.1. The molecule has 0 atom stereocenters. The van der Waals surface area contributed by atoms with E-state index in [1.165, 1.54) is 39.5 Å². The van der Waals surface area contributed by atoms with E-state index in [9.17, 15) is 13.2 Å². The van der Waals surface area contributed by atoms with Crippen LogP contribution in [0.15, 0.2) is 35.2 Å². The van der Waals surface area contributed by atoms with Crippen molar-refractivity contribution in [1.82, 2.24) is 0 Å². The molecule has 0 heterocycles. The highest BCUT2D eigenvalue weighted by atomic mass is 35.5. The molecule has 0 radical (unpaired) electrons. The van der Waals surface area contributed by atoms with Gasteiger partial charge in [0.25, 0.3) is 16.0 Å². The van der Waals surface area contributed by atoms with Gasteiger partial charge in [-0.3, -0.25) is 9.35 Å². The zero-order chi connectivity index (χ0) is 19.5. The summed E-state index contributed by atoms with van der Waals surface area (Å²) in [4.78, 5) is 12.3. The van der Waals surface area contributed by atoms with Crippen molar-refractivity contribution in [2.75, 3.05) is 26.6 Å². The Balaban J connectivity index is 2.42. The lowest BCUT2D eigenvalue weighted by Gasteiger charge is -2.15. The quantitative estimate of drug-likeness (QED) is 0.716. The molecule has 2 rings (SSSR count). The van der Waals surface area contributed by atoms with Gasteiger partial charge >= 0.3 is 0 Å². The van der Waals surface area contributed by atoms with Crippen LogP contribution in [-0.2, 0) is 10.1 Å². The molecule has 8 nitrogen and oxygen atoms in total. The maximum atomic E-state index is 12.7. The van der Waals surface area contributed by atoms with Crippen LogP contribution in [0.4, 0.5) is 5.69 Å². The van der Waals surface area contributed by atoms with Crippen molar-refractivity contribution < 1.29 is 32.0 Å². The van der Waals surface area contributed by atoms with E-state index in [4.69, 9.17) is 30.4 Å². The predicted molar refractivity (Wildman–Crippen MR) is 95.3 cm³/mol. The maximum absolute atomic E-state index is 12.7. The second kappa shape index (κ2) is 7.81. The first-order chi connectivity index (χ1) is 12.2. The molecular formula is C16H16ClNO7S. The summed E-state index contributed by atoms with van der Waals surface area (Å²) in [6, 6.07) is 6.42. The van der Waals surface area contributed by atoms with Gasteiger partial charge in [-0.05, 0) is 18.2 Å². The number of methoxy groups -OCH3 is 3. The summed E-state index contributed by atoms with van der Waals surface area (Å²) >= 11 is 5.99. The zero-order valence-corrected chi connectivity index (χ0v) is 15.6. The predicted octanol–water partition coefficient (Wildman–Crippen LogP) is 2.86. The molecule has 0 aromatic heterocycles. The molecule has 0 fully saturated rings. The first kappa shape index (κ1) is 19.8. The van der Waals surface area contributed by atoms with Crippen molar-refractivity contribution >= 4 is 33.3 Å². The fraction of sp³-hybridized carbons (Fsp3) is 0.188. The number of hydrogen-bond donors (Lipinski definition) is 2. The SMILES string of the molecule is COc1cc(OC)c(C(=O)Nc2ccc(S(=O)(=O)O)cc2Cl)c(OC)c1. The first-order valence-electron chi connectivity index (χ1n) is 7.09. The fourth-order valence-electron chi connectivity index (χ4n) is 2.17. The van der Waals surface area contributed by atoms with Crippen molar-refractivity contribution in [1.29, 1.82) is 0 Å². The summed E-state index contributed by atoms with van der Waals surface area (Å²) in [5, 5.41) is 2.47. The van der Waals surface area contributed by atoms with Crippen molar-refractivity contribution in [2.24, 2.45) is 0 Å². The molecule has 0 saturated carbocycles. The number of hydrogen-bond acceptors (Lipinski definition) is 6. The summed E-state index contributed by atoms with van der Waals surface area (Å²) in [7, 11) is -0.164. The summed E-state index contributed by atoms with van der Waals surface area (Å²) < 4.78 is 46.9. The highest BCUT2D eigenvalue weighted by Gasteiger charge is 2.22. The van der Waals surface area contributed by atoms with E-state index in [1.54, 1.807) is 0 Å². The molecule has 0 aliphatic rings. The van der Waals surface area contributed by atoms with E-state index in [0.717, 1.165) is 12.1 Å². The third-order valence-corrected chi connectivity index (χ3v) is 4.59. The van der Waals surface area contributed by atoms with Gasteiger partial charge in [0.2, 0.25) is 0 Å². The van der Waals surface area contributed by atoms with Crippen molar-refractivity contribution in [3.05, 3.63) is 40.9 Å². The van der Waals surface area contributed by atoms with Gasteiger partial charge in [0.05, 0.1) is 36.9 Å². The lowest BCUT2D eigenvalue weighted by Crippen LogP contribution is -2.15. The topological polar surface area (TPSA) is 111 Å². The molecule has 2 N–H and O–H groups in total. The number of halogens is 1. The summed E-state index contributed by atoms with van der Waals surface area (Å²) in [5.41, 5.74) is 0.245. The standard InChI is InChI=1S/C16H16ClNO7S/c1-23-9-6-13(24-2)15(14(7-9)25-3)16(19)18-12-5-4-10(8-11(12)17)26(20,21)22/h4-8H,1-3H3,(H,18,19)(H,20,21,22). The highest BCUT2D eigenvalue weighted by molar-refractivity contribution is 7.85. The normalized spacial score (nSPS) is 11.0. The number of carbonyl (C=O) groups excluding carboxylic acids is 1. The molecule has 0 aliphatic heterocycles. The molecule has 0 aliphatic carbocycles. The molecular weight excluding hydrogens is 386 g/mol. The molecule has 2 aromatic carbocycles. The third kappa shape index (κ3) is 4.18. The van der Waals surface area contributed by atoms with Crippen LogP contribution in [0.2, 0.25) is 5.02 Å². The Hall–Kier alpha value is -2.49. The smallest absolute Gasteiger partial charge is 0.294 e. The van der Waals surface area contributed by atoms with Gasteiger partial charge in [-0.15, -0.1) is 0 Å². The van der Waals surface area contributed by atoms with E-state index in [-0.39, 0.29) is 32.7 Å². The Labute approximate surface area is 155 Å². The van der Waals surface area contributed by atoms with Gasteiger partial charge in [0.1, 0.15) is 22.8 Å². The van der Waals surface area contributed by atoms with E-state index in [0.29, 0.717) is 5.75 Å². The minimum Gasteiger partial charge on any atom is -0.496 e. The Morgan fingerprint density at radius 3 is 2.04 bits per heavy atom. The Morgan fingerprint density at radius 1 is 1.04 bits per heavy atom. The molecule has 0 saturated heterocycles. The van der Waals surface area contributed by atoms with E-state index in [2.05, 4.69) is 5.32 Å². The number of carbonyl (C=O) groups is 1. The number of ether oxygens (including phenoxy) is 3. The average molecular weight is 402 g/mol. The van der Waals surface area contributed by atoms with Gasteiger partial charge in [0.15, 0.2) is 0 Å². The van der Waals surface area contributed by atoms with Crippen LogP contribution < -0.4 is 19.5 Å². The van der Waals surface area contributed by atoms with Crippen LogP contribution in [0.5, 0.6) is 17.2 Å². The summed E-state index contributed by atoms with van der Waals surface area (Å²) in [6.07, 6.45) is 0. The number of benzene rings is 2. The Morgan fingerprint density at radius 2 is 1.62 bits per heavy atom. The van der Waals surface area contributed by atoms with Gasteiger partial charge in [-0.2, -0.15) is 8.42 Å². The largest absolute Gasteiger partial charge is 0.496 e. The molecule has 1 amide bonds. The Kier molecular flexibility index (Phi) is 5.96. The summed E-state index contributed by atoms with van der Waals surface area (Å²) in [5.74, 6) is 0.266.